The van der Waals surface area contributed by atoms with E-state index in [0.29, 0.717) is 45.0 Å². The van der Waals surface area contributed by atoms with Gasteiger partial charge in [0.1, 0.15) is 11.6 Å². The Morgan fingerprint density at radius 1 is 1.05 bits per heavy atom. The van der Waals surface area contributed by atoms with Crippen molar-refractivity contribution < 1.29 is 9.50 Å². The number of imidazole rings is 1. The lowest BCUT2D eigenvalue weighted by Gasteiger charge is -2.47. The zero-order valence-corrected chi connectivity index (χ0v) is 21.9. The minimum atomic E-state index is -0.482. The largest absolute Gasteiger partial charge is 0.507 e. The first kappa shape index (κ1) is 24.0. The molecule has 3 aromatic carbocycles. The van der Waals surface area contributed by atoms with Gasteiger partial charge in [0, 0.05) is 66.8 Å². The summed E-state index contributed by atoms with van der Waals surface area (Å²) in [5.41, 5.74) is 4.03. The molecule has 0 spiro atoms. The van der Waals surface area contributed by atoms with Gasteiger partial charge < -0.3 is 19.9 Å². The Morgan fingerprint density at radius 2 is 1.87 bits per heavy atom. The van der Waals surface area contributed by atoms with Crippen LogP contribution in [0.2, 0.25) is 5.02 Å². The molecule has 3 saturated heterocycles. The van der Waals surface area contributed by atoms with E-state index in [1.807, 2.05) is 18.3 Å². The van der Waals surface area contributed by atoms with Crippen molar-refractivity contribution in [1.82, 2.24) is 24.6 Å². The number of nitrogens with zero attached hydrogens (tertiary/aromatic N) is 4. The Kier molecular flexibility index (Phi) is 5.54. The molecule has 3 N–H and O–H groups in total. The number of aromatic hydroxyl groups is 1. The highest BCUT2D eigenvalue weighted by atomic mass is 35.5. The van der Waals surface area contributed by atoms with Gasteiger partial charge in [0.2, 0.25) is 0 Å². The highest BCUT2D eigenvalue weighted by Crippen LogP contribution is 2.43. The van der Waals surface area contributed by atoms with Gasteiger partial charge in [-0.3, -0.25) is 9.67 Å². The summed E-state index contributed by atoms with van der Waals surface area (Å²) in [6, 6.07) is 12.4. The number of phenols is 1. The third kappa shape index (κ3) is 3.92. The van der Waals surface area contributed by atoms with Gasteiger partial charge >= 0.3 is 5.69 Å². The average Bonchev–Trinajstić information content (AvgIpc) is 3.56. The van der Waals surface area contributed by atoms with Crippen LogP contribution in [0.15, 0.2) is 65.8 Å². The van der Waals surface area contributed by atoms with E-state index in [0.717, 1.165) is 42.5 Å². The summed E-state index contributed by atoms with van der Waals surface area (Å²) in [5.74, 6) is -0.534. The molecule has 198 valence electrons. The van der Waals surface area contributed by atoms with E-state index in [1.165, 1.54) is 21.3 Å². The van der Waals surface area contributed by atoms with E-state index in [2.05, 4.69) is 20.4 Å². The molecule has 0 radical (unpaired) electrons. The lowest BCUT2D eigenvalue weighted by molar-refractivity contribution is 0.291. The molecule has 10 heteroatoms. The Bertz CT molecular complexity index is 1800. The molecule has 2 bridgehead atoms. The van der Waals surface area contributed by atoms with Gasteiger partial charge in [-0.15, -0.1) is 0 Å². The van der Waals surface area contributed by atoms with Crippen molar-refractivity contribution in [1.29, 1.82) is 0 Å². The van der Waals surface area contributed by atoms with Gasteiger partial charge in [0.15, 0.2) is 0 Å². The summed E-state index contributed by atoms with van der Waals surface area (Å²) in [6.45, 7) is 1.82. The molecule has 8 nitrogen and oxygen atoms in total. The van der Waals surface area contributed by atoms with Gasteiger partial charge in [-0.25, -0.2) is 9.18 Å². The number of H-pyrrole nitrogens is 1. The van der Waals surface area contributed by atoms with Crippen LogP contribution in [-0.4, -0.2) is 49.6 Å². The van der Waals surface area contributed by atoms with Crippen molar-refractivity contribution in [2.75, 3.05) is 18.0 Å². The highest BCUT2D eigenvalue weighted by Gasteiger charge is 2.34. The third-order valence-corrected chi connectivity index (χ3v) is 8.35. The monoisotopic (exact) mass is 544 g/mol. The van der Waals surface area contributed by atoms with E-state index in [4.69, 9.17) is 11.6 Å². The smallest absolute Gasteiger partial charge is 0.332 e. The fourth-order valence-corrected chi connectivity index (χ4v) is 6.26. The Balaban J connectivity index is 1.33. The van der Waals surface area contributed by atoms with Gasteiger partial charge in [-0.2, -0.15) is 5.10 Å². The summed E-state index contributed by atoms with van der Waals surface area (Å²) < 4.78 is 18.0. The van der Waals surface area contributed by atoms with Crippen LogP contribution in [0.1, 0.15) is 12.8 Å². The number of piperidine rings is 2. The number of anilines is 1. The van der Waals surface area contributed by atoms with Crippen LogP contribution in [-0.2, 0) is 7.05 Å². The van der Waals surface area contributed by atoms with Crippen molar-refractivity contribution in [2.24, 2.45) is 7.05 Å². The van der Waals surface area contributed by atoms with Crippen molar-refractivity contribution in [3.8, 4) is 33.7 Å². The molecule has 3 aliphatic rings. The number of benzene rings is 3. The van der Waals surface area contributed by atoms with Crippen LogP contribution in [0.25, 0.3) is 38.8 Å². The first-order valence-electron chi connectivity index (χ1n) is 12.9. The maximum Gasteiger partial charge on any atom is 0.332 e. The van der Waals surface area contributed by atoms with E-state index in [-0.39, 0.29) is 11.4 Å². The molecule has 0 saturated carbocycles. The summed E-state index contributed by atoms with van der Waals surface area (Å²) in [4.78, 5) is 14.8. The van der Waals surface area contributed by atoms with E-state index < -0.39 is 5.82 Å². The molecular weight excluding hydrogens is 519 g/mol. The Morgan fingerprint density at radius 3 is 2.54 bits per heavy atom. The molecule has 39 heavy (non-hydrogen) atoms. The molecule has 8 rings (SSSR count). The number of aromatic amines is 1. The summed E-state index contributed by atoms with van der Waals surface area (Å²) in [6.07, 6.45) is 7.37. The number of halogens is 2. The standard InChI is InChI=1S/C29H26ClFN6O2/c1-35-6-7-36(29(35)39)26-5-2-16(8-24(26)30)21-11-18(31)12-22(28(21)38)17-9-25-23(14-33-34-25)27(10-17)37-15-19-3-4-20(37)13-32-19/h2,5-12,14,19-20,32,38H,3-4,13,15H2,1H3,(H,33,34). The molecule has 2 atom stereocenters. The van der Waals surface area contributed by atoms with Crippen LogP contribution in [0.3, 0.4) is 0 Å². The minimum absolute atomic E-state index is 0.0521. The number of rotatable bonds is 4. The second-order valence-corrected chi connectivity index (χ2v) is 10.8. The van der Waals surface area contributed by atoms with Crippen molar-refractivity contribution in [2.45, 2.75) is 24.9 Å². The van der Waals surface area contributed by atoms with Crippen LogP contribution in [0, 0.1) is 5.82 Å². The van der Waals surface area contributed by atoms with E-state index in [1.54, 1.807) is 37.6 Å². The van der Waals surface area contributed by atoms with E-state index >= 15 is 4.39 Å². The van der Waals surface area contributed by atoms with Gasteiger partial charge in [0.25, 0.3) is 0 Å². The normalized spacial score (nSPS) is 18.8. The first-order chi connectivity index (χ1) is 18.9. The number of aromatic nitrogens is 4. The molecule has 5 heterocycles. The molecule has 3 fully saturated rings. The second-order valence-electron chi connectivity index (χ2n) is 10.4. The average molecular weight is 545 g/mol. The summed E-state index contributed by atoms with van der Waals surface area (Å²) in [7, 11) is 1.66. The van der Waals surface area contributed by atoms with Crippen molar-refractivity contribution >= 4 is 28.2 Å². The lowest BCUT2D eigenvalue weighted by Crippen LogP contribution is -2.61. The third-order valence-electron chi connectivity index (χ3n) is 8.05. The molecule has 2 unspecified atom stereocenters. The van der Waals surface area contributed by atoms with Crippen LogP contribution < -0.4 is 15.9 Å². The topological polar surface area (TPSA) is 91.1 Å². The zero-order chi connectivity index (χ0) is 26.8. The van der Waals surface area contributed by atoms with Crippen molar-refractivity contribution in [3.63, 3.8) is 0 Å². The number of hydrogen-bond donors (Lipinski definition) is 3. The Labute approximate surface area is 228 Å². The fourth-order valence-electron chi connectivity index (χ4n) is 5.99. The van der Waals surface area contributed by atoms with Crippen molar-refractivity contribution in [3.05, 3.63) is 82.4 Å². The summed E-state index contributed by atoms with van der Waals surface area (Å²) in [5, 5.41) is 23.7. The fraction of sp³-hybridized carbons (Fsp3) is 0.241. The maximum atomic E-state index is 15.1. The molecule has 2 aromatic heterocycles. The van der Waals surface area contributed by atoms with Crippen LogP contribution >= 0.6 is 11.6 Å². The maximum absolute atomic E-state index is 15.1. The lowest BCUT2D eigenvalue weighted by atomic mass is 9.91. The zero-order valence-electron chi connectivity index (χ0n) is 21.2. The molecule has 3 aliphatic heterocycles. The van der Waals surface area contributed by atoms with Crippen LogP contribution in [0.4, 0.5) is 10.1 Å². The molecule has 0 aliphatic carbocycles. The number of hydrogen-bond acceptors (Lipinski definition) is 5. The highest BCUT2D eigenvalue weighted by molar-refractivity contribution is 6.32. The van der Waals surface area contributed by atoms with Gasteiger partial charge in [-0.05, 0) is 60.4 Å². The number of phenolic OH excluding ortho intramolecular Hbond substituents is 1. The molecule has 0 amide bonds. The number of piperazine rings is 1. The minimum Gasteiger partial charge on any atom is -0.507 e. The predicted octanol–water partition coefficient (Wildman–Crippen LogP) is 4.83. The summed E-state index contributed by atoms with van der Waals surface area (Å²) >= 11 is 6.57. The predicted molar refractivity (Wildman–Crippen MR) is 150 cm³/mol. The van der Waals surface area contributed by atoms with Crippen LogP contribution in [0.5, 0.6) is 5.75 Å². The van der Waals surface area contributed by atoms with Gasteiger partial charge in [0.05, 0.1) is 22.4 Å². The quantitative estimate of drug-likeness (QED) is 0.302. The Hall–Kier alpha value is -4.08. The SMILES string of the molecule is Cn1ccn(-c2ccc(-c3cc(F)cc(-c4cc(N5CC6CCC5CN6)c5cn[nH]c5c4)c3O)cc2Cl)c1=O. The van der Waals surface area contributed by atoms with E-state index in [9.17, 15) is 9.90 Å². The second kappa shape index (κ2) is 9.00. The molecular formula is C29H26ClFN6O2. The molecule has 5 aromatic rings. The number of fused-ring (bicyclic) bond motifs is 4. The number of nitrogens with one attached hydrogen (secondary N) is 2. The number of aryl methyl sites for hydroxylation is 1. The first-order valence-corrected chi connectivity index (χ1v) is 13.3. The van der Waals surface area contributed by atoms with Gasteiger partial charge in [-0.1, -0.05) is 17.7 Å².